The number of hydrogen-bond acceptors (Lipinski definition) is 5. The number of carbonyl (C=O) groups excluding carboxylic acids is 1. The van der Waals surface area contributed by atoms with Crippen molar-refractivity contribution in [3.8, 4) is 17.2 Å². The molecular weight excluding hydrogens is 414 g/mol. The summed E-state index contributed by atoms with van der Waals surface area (Å²) in [6.45, 7) is 1.64. The number of amides is 1. The lowest BCUT2D eigenvalue weighted by Gasteiger charge is -2.15. The number of aromatic nitrogens is 2. The molecule has 7 nitrogen and oxygen atoms in total. The van der Waals surface area contributed by atoms with Gasteiger partial charge in [-0.15, -0.1) is 0 Å². The predicted molar refractivity (Wildman–Crippen MR) is 120 cm³/mol. The molecule has 1 unspecified atom stereocenters. The summed E-state index contributed by atoms with van der Waals surface area (Å²) in [4.78, 5) is 15.8. The van der Waals surface area contributed by atoms with Crippen molar-refractivity contribution in [3.05, 3.63) is 70.8 Å². The molecule has 0 aliphatic carbocycles. The zero-order chi connectivity index (χ0) is 21.6. The van der Waals surface area contributed by atoms with Crippen LogP contribution in [0.25, 0.3) is 5.69 Å². The molecule has 0 saturated carbocycles. The first-order chi connectivity index (χ1) is 15.2. The van der Waals surface area contributed by atoms with Crippen LogP contribution >= 0.6 is 12.2 Å². The molecule has 4 rings (SSSR count). The van der Waals surface area contributed by atoms with Crippen LogP contribution in [0.15, 0.2) is 54.7 Å². The quantitative estimate of drug-likeness (QED) is 0.518. The van der Waals surface area contributed by atoms with Crippen molar-refractivity contribution in [3.63, 3.8) is 0 Å². The van der Waals surface area contributed by atoms with Gasteiger partial charge >= 0.3 is 0 Å². The molecule has 3 aromatic rings. The van der Waals surface area contributed by atoms with E-state index >= 15 is 0 Å². The molecule has 31 heavy (non-hydrogen) atoms. The van der Waals surface area contributed by atoms with Gasteiger partial charge in [0.05, 0.1) is 13.2 Å². The Morgan fingerprint density at radius 3 is 2.84 bits per heavy atom. The highest BCUT2D eigenvalue weighted by Gasteiger charge is 2.18. The number of benzene rings is 2. The third-order valence-corrected chi connectivity index (χ3v) is 5.45. The van der Waals surface area contributed by atoms with Crippen molar-refractivity contribution in [2.45, 2.75) is 25.5 Å². The van der Waals surface area contributed by atoms with E-state index in [1.165, 1.54) is 0 Å². The maximum absolute atomic E-state index is 12.8. The molecule has 8 heteroatoms. The van der Waals surface area contributed by atoms with E-state index in [4.69, 9.17) is 26.4 Å². The molecule has 2 N–H and O–H groups in total. The monoisotopic (exact) mass is 439 g/mol. The number of para-hydroxylation sites is 1. The number of aromatic amines is 1. The summed E-state index contributed by atoms with van der Waals surface area (Å²) in [6.07, 6.45) is 3.84. The van der Waals surface area contributed by atoms with E-state index in [1.54, 1.807) is 17.9 Å². The van der Waals surface area contributed by atoms with Crippen LogP contribution in [0.1, 0.15) is 28.9 Å². The third-order valence-electron chi connectivity index (χ3n) is 5.15. The molecule has 1 aliphatic rings. The maximum Gasteiger partial charge on any atom is 0.270 e. The minimum Gasteiger partial charge on any atom is -0.493 e. The number of ether oxygens (including phenoxy) is 3. The summed E-state index contributed by atoms with van der Waals surface area (Å²) in [5, 5.41) is 2.94. The Morgan fingerprint density at radius 1 is 1.26 bits per heavy atom. The fourth-order valence-corrected chi connectivity index (χ4v) is 3.80. The molecule has 1 aliphatic heterocycles. The van der Waals surface area contributed by atoms with E-state index in [9.17, 15) is 4.79 Å². The first kappa shape index (κ1) is 21.1. The molecule has 1 amide bonds. The Bertz CT molecular complexity index is 1090. The van der Waals surface area contributed by atoms with Gasteiger partial charge in [-0.05, 0) is 54.9 Å². The molecular formula is C23H25N3O4S. The minimum atomic E-state index is -0.228. The summed E-state index contributed by atoms with van der Waals surface area (Å²) in [5.74, 6) is 1.06. The van der Waals surface area contributed by atoms with Gasteiger partial charge in [-0.1, -0.05) is 24.3 Å². The van der Waals surface area contributed by atoms with Crippen molar-refractivity contribution in [2.75, 3.05) is 20.3 Å². The molecule has 1 fully saturated rings. The van der Waals surface area contributed by atoms with E-state index in [1.807, 2.05) is 48.5 Å². The van der Waals surface area contributed by atoms with E-state index in [0.717, 1.165) is 30.7 Å². The lowest BCUT2D eigenvalue weighted by Crippen LogP contribution is -2.25. The Balaban J connectivity index is 1.42. The molecule has 1 atom stereocenters. The molecule has 162 valence electrons. The summed E-state index contributed by atoms with van der Waals surface area (Å²) in [7, 11) is 1.60. The molecule has 0 spiro atoms. The third kappa shape index (κ3) is 4.98. The summed E-state index contributed by atoms with van der Waals surface area (Å²) in [5.41, 5.74) is 2.17. The number of hydrogen-bond donors (Lipinski definition) is 2. The van der Waals surface area contributed by atoms with Crippen LogP contribution < -0.4 is 14.8 Å². The first-order valence-corrected chi connectivity index (χ1v) is 10.6. The van der Waals surface area contributed by atoms with Gasteiger partial charge in [0.2, 0.25) is 0 Å². The largest absolute Gasteiger partial charge is 0.493 e. The van der Waals surface area contributed by atoms with Crippen LogP contribution in [0.5, 0.6) is 11.5 Å². The van der Waals surface area contributed by atoms with Crippen molar-refractivity contribution in [2.24, 2.45) is 0 Å². The fraction of sp³-hybridized carbons (Fsp3) is 0.304. The van der Waals surface area contributed by atoms with Gasteiger partial charge < -0.3 is 24.5 Å². The highest BCUT2D eigenvalue weighted by molar-refractivity contribution is 7.71. The van der Waals surface area contributed by atoms with Gasteiger partial charge in [0.15, 0.2) is 16.3 Å². The second-order valence-electron chi connectivity index (χ2n) is 7.26. The standard InChI is InChI=1S/C23H25N3O4S/c1-28-21-12-16(9-10-20(21)30-15-18-8-5-11-29-18)13-24-22(27)19-14-25-23(31)26(19)17-6-3-2-4-7-17/h2-4,6-7,9-10,12,14,18H,5,8,11,13,15H2,1H3,(H,24,27)(H,25,31). The van der Waals surface area contributed by atoms with E-state index in [0.29, 0.717) is 35.1 Å². The van der Waals surface area contributed by atoms with Gasteiger partial charge in [-0.25, -0.2) is 0 Å². The summed E-state index contributed by atoms with van der Waals surface area (Å²) < 4.78 is 19.1. The zero-order valence-corrected chi connectivity index (χ0v) is 18.1. The Morgan fingerprint density at radius 2 is 2.10 bits per heavy atom. The lowest BCUT2D eigenvalue weighted by molar-refractivity contribution is 0.0669. The van der Waals surface area contributed by atoms with E-state index in [-0.39, 0.29) is 12.0 Å². The molecule has 0 radical (unpaired) electrons. The van der Waals surface area contributed by atoms with Gasteiger partial charge in [-0.2, -0.15) is 0 Å². The van der Waals surface area contributed by atoms with Crippen LogP contribution in [-0.2, 0) is 11.3 Å². The first-order valence-electron chi connectivity index (χ1n) is 10.2. The number of imidazole rings is 1. The normalized spacial score (nSPS) is 15.6. The molecule has 0 bridgehead atoms. The van der Waals surface area contributed by atoms with Gasteiger partial charge in [0, 0.05) is 25.0 Å². The number of methoxy groups -OCH3 is 1. The van der Waals surface area contributed by atoms with Crippen LogP contribution in [0, 0.1) is 4.77 Å². The van der Waals surface area contributed by atoms with Gasteiger partial charge in [0.1, 0.15) is 12.3 Å². The van der Waals surface area contributed by atoms with E-state index < -0.39 is 0 Å². The fourth-order valence-electron chi connectivity index (χ4n) is 3.54. The maximum atomic E-state index is 12.8. The average Bonchev–Trinajstić information content (AvgIpc) is 3.46. The number of nitrogens with zero attached hydrogens (tertiary/aromatic N) is 1. The number of nitrogens with one attached hydrogen (secondary N) is 2. The molecule has 2 aromatic carbocycles. The Labute approximate surface area is 186 Å². The highest BCUT2D eigenvalue weighted by atomic mass is 32.1. The average molecular weight is 440 g/mol. The van der Waals surface area contributed by atoms with Crippen LogP contribution in [0.4, 0.5) is 0 Å². The van der Waals surface area contributed by atoms with Crippen molar-refractivity contribution >= 4 is 18.1 Å². The predicted octanol–water partition coefficient (Wildman–Crippen LogP) is 4.03. The molecule has 1 saturated heterocycles. The topological polar surface area (TPSA) is 77.5 Å². The Hall–Kier alpha value is -3.10. The molecule has 2 heterocycles. The van der Waals surface area contributed by atoms with Gasteiger partial charge in [0.25, 0.3) is 5.91 Å². The van der Waals surface area contributed by atoms with Crippen LogP contribution in [0.3, 0.4) is 0 Å². The van der Waals surface area contributed by atoms with Gasteiger partial charge in [-0.3, -0.25) is 9.36 Å². The van der Waals surface area contributed by atoms with E-state index in [2.05, 4.69) is 10.3 Å². The summed E-state index contributed by atoms with van der Waals surface area (Å²) >= 11 is 5.35. The number of carbonyl (C=O) groups is 1. The van der Waals surface area contributed by atoms with Crippen molar-refractivity contribution in [1.82, 2.24) is 14.9 Å². The van der Waals surface area contributed by atoms with Crippen molar-refractivity contribution in [1.29, 1.82) is 0 Å². The SMILES string of the molecule is COc1cc(CNC(=O)c2c[nH]c(=S)n2-c2ccccc2)ccc1OCC1CCCO1. The summed E-state index contributed by atoms with van der Waals surface area (Å²) in [6, 6.07) is 15.2. The second-order valence-corrected chi connectivity index (χ2v) is 7.65. The lowest BCUT2D eigenvalue weighted by atomic mass is 10.2. The van der Waals surface area contributed by atoms with Crippen LogP contribution in [0.2, 0.25) is 0 Å². The smallest absolute Gasteiger partial charge is 0.270 e. The van der Waals surface area contributed by atoms with Crippen LogP contribution in [-0.4, -0.2) is 41.9 Å². The minimum absolute atomic E-state index is 0.135. The molecule has 1 aromatic heterocycles. The zero-order valence-electron chi connectivity index (χ0n) is 17.3. The second kappa shape index (κ2) is 9.80. The Kier molecular flexibility index (Phi) is 6.69. The van der Waals surface area contributed by atoms with Crippen molar-refractivity contribution < 1.29 is 19.0 Å². The number of rotatable bonds is 8. The highest BCUT2D eigenvalue weighted by Crippen LogP contribution is 2.29. The number of H-pyrrole nitrogens is 1.